The topological polar surface area (TPSA) is 66.4 Å². The minimum Gasteiger partial charge on any atom is -0.549 e. The Morgan fingerprint density at radius 2 is 1.88 bits per heavy atom. The zero-order chi connectivity index (χ0) is 19.1. The highest BCUT2D eigenvalue weighted by atomic mass is 35.5. The summed E-state index contributed by atoms with van der Waals surface area (Å²) in [5, 5.41) is 11.5. The molecule has 0 aliphatic heterocycles. The van der Waals surface area contributed by atoms with E-state index in [0.29, 0.717) is 32.7 Å². The Labute approximate surface area is 165 Å². The number of carboxylic acids is 1. The number of benzene rings is 2. The highest BCUT2D eigenvalue weighted by Gasteiger charge is 2.10. The highest BCUT2D eigenvalue weighted by Crippen LogP contribution is 2.27. The minimum absolute atomic E-state index is 0.133. The van der Waals surface area contributed by atoms with Crippen molar-refractivity contribution in [3.05, 3.63) is 69.2 Å². The van der Waals surface area contributed by atoms with Crippen LogP contribution in [0.3, 0.4) is 0 Å². The van der Waals surface area contributed by atoms with Crippen molar-refractivity contribution in [3.63, 3.8) is 0 Å². The van der Waals surface area contributed by atoms with Crippen molar-refractivity contribution in [2.45, 2.75) is 5.75 Å². The van der Waals surface area contributed by atoms with Crippen LogP contribution in [0.5, 0.6) is 5.75 Å². The van der Waals surface area contributed by atoms with Crippen molar-refractivity contribution in [2.24, 2.45) is 0 Å². The van der Waals surface area contributed by atoms with Gasteiger partial charge >= 0.3 is 0 Å². The summed E-state index contributed by atoms with van der Waals surface area (Å²) in [6, 6.07) is 10.1. The average Bonchev–Trinajstić information content (AvgIpc) is 2.60. The first-order valence-electron chi connectivity index (χ1n) is 7.53. The van der Waals surface area contributed by atoms with Crippen LogP contribution < -0.4 is 9.84 Å². The Balaban J connectivity index is 2.20. The number of carboxylic acid groups (broad SMARTS) is 1. The molecule has 4 nitrogen and oxygen atoms in total. The van der Waals surface area contributed by atoms with Crippen molar-refractivity contribution in [3.8, 4) is 5.75 Å². The molecule has 2 aromatic rings. The lowest BCUT2D eigenvalue weighted by atomic mass is 10.1. The van der Waals surface area contributed by atoms with E-state index < -0.39 is 5.97 Å². The van der Waals surface area contributed by atoms with Crippen LogP contribution in [-0.4, -0.2) is 24.6 Å². The van der Waals surface area contributed by atoms with Gasteiger partial charge in [-0.1, -0.05) is 29.3 Å². The van der Waals surface area contributed by atoms with Crippen molar-refractivity contribution in [2.75, 3.05) is 12.9 Å². The van der Waals surface area contributed by atoms with E-state index in [-0.39, 0.29) is 11.5 Å². The molecule has 0 saturated carbocycles. The smallest absolute Gasteiger partial charge is 0.185 e. The van der Waals surface area contributed by atoms with Crippen molar-refractivity contribution in [1.82, 2.24) is 0 Å². The van der Waals surface area contributed by atoms with E-state index in [1.807, 2.05) is 0 Å². The molecular weight excluding hydrogens is 395 g/mol. The zero-order valence-electron chi connectivity index (χ0n) is 13.8. The van der Waals surface area contributed by atoms with Gasteiger partial charge < -0.3 is 14.6 Å². The van der Waals surface area contributed by atoms with Crippen molar-refractivity contribution < 1.29 is 19.4 Å². The van der Waals surface area contributed by atoms with E-state index in [1.54, 1.807) is 42.5 Å². The van der Waals surface area contributed by atoms with Gasteiger partial charge in [0.1, 0.15) is 5.75 Å². The summed E-state index contributed by atoms with van der Waals surface area (Å²) < 4.78 is 5.26. The molecule has 0 unspecified atom stereocenters. The maximum Gasteiger partial charge on any atom is 0.185 e. The number of halogens is 2. The third kappa shape index (κ3) is 5.53. The summed E-state index contributed by atoms with van der Waals surface area (Å²) in [5.41, 5.74) is 1.76. The molecule has 2 aromatic carbocycles. The predicted octanol–water partition coefficient (Wildman–Crippen LogP) is 3.88. The molecule has 0 fully saturated rings. The number of thioether (sulfide) groups is 1. The van der Waals surface area contributed by atoms with Gasteiger partial charge in [-0.3, -0.25) is 4.79 Å². The van der Waals surface area contributed by atoms with E-state index in [4.69, 9.17) is 27.9 Å². The number of aliphatic carboxylic acids is 1. The summed E-state index contributed by atoms with van der Waals surface area (Å²) in [7, 11) is 1.52. The van der Waals surface area contributed by atoms with Gasteiger partial charge in [0.25, 0.3) is 0 Å². The molecule has 2 rings (SSSR count). The third-order valence-corrected chi connectivity index (χ3v) is 5.06. The van der Waals surface area contributed by atoms with E-state index in [9.17, 15) is 14.7 Å². The van der Waals surface area contributed by atoms with Gasteiger partial charge in [-0.05, 0) is 42.5 Å². The summed E-state index contributed by atoms with van der Waals surface area (Å²) in [5.74, 6) is -0.522. The van der Waals surface area contributed by atoms with Gasteiger partial charge in [-0.25, -0.2) is 0 Å². The maximum absolute atomic E-state index is 12.4. The summed E-state index contributed by atoms with van der Waals surface area (Å²) >= 11 is 13.3. The van der Waals surface area contributed by atoms with Gasteiger partial charge in [-0.2, -0.15) is 11.8 Å². The SMILES string of the molecule is COc1ccc(C(=O)/C=C/c2c(Cl)cccc2Cl)cc1CSCC(=O)[O-]. The minimum atomic E-state index is -1.14. The first-order chi connectivity index (χ1) is 12.4. The molecule has 0 bridgehead atoms. The van der Waals surface area contributed by atoms with E-state index >= 15 is 0 Å². The third-order valence-electron chi connectivity index (χ3n) is 3.44. The van der Waals surface area contributed by atoms with Crippen LogP contribution in [0, 0.1) is 0 Å². The number of ketones is 1. The van der Waals surface area contributed by atoms with E-state index in [0.717, 1.165) is 5.56 Å². The fraction of sp³-hybridized carbons (Fsp3) is 0.158. The number of hydrogen-bond acceptors (Lipinski definition) is 5. The first-order valence-corrected chi connectivity index (χ1v) is 9.44. The maximum atomic E-state index is 12.4. The fourth-order valence-electron chi connectivity index (χ4n) is 2.21. The molecule has 0 saturated heterocycles. The molecular formula is C19H15Cl2O4S-. The number of methoxy groups -OCH3 is 1. The number of carbonyl (C=O) groups is 2. The van der Waals surface area contributed by atoms with Crippen LogP contribution in [0.25, 0.3) is 6.08 Å². The Kier molecular flexibility index (Phi) is 7.57. The van der Waals surface area contributed by atoms with Crippen LogP contribution >= 0.6 is 35.0 Å². The number of hydrogen-bond donors (Lipinski definition) is 0. The van der Waals surface area contributed by atoms with Gasteiger partial charge in [0, 0.05) is 38.2 Å². The Morgan fingerprint density at radius 3 is 2.50 bits per heavy atom. The van der Waals surface area contributed by atoms with E-state index in [2.05, 4.69) is 0 Å². The Hall–Kier alpha value is -1.95. The largest absolute Gasteiger partial charge is 0.549 e. The Morgan fingerprint density at radius 1 is 1.19 bits per heavy atom. The second-order valence-corrected chi connectivity index (χ2v) is 7.02. The molecule has 0 aromatic heterocycles. The molecule has 0 atom stereocenters. The number of ether oxygens (including phenoxy) is 1. The quantitative estimate of drug-likeness (QED) is 0.488. The first kappa shape index (κ1) is 20.4. The second-order valence-electron chi connectivity index (χ2n) is 5.22. The molecule has 0 aliphatic carbocycles. The molecule has 7 heteroatoms. The van der Waals surface area contributed by atoms with Crippen LogP contribution in [0.4, 0.5) is 0 Å². The summed E-state index contributed by atoms with van der Waals surface area (Å²) in [6.45, 7) is 0. The number of rotatable bonds is 8. The number of allylic oxidation sites excluding steroid dienone is 1. The molecule has 0 spiro atoms. The lowest BCUT2D eigenvalue weighted by Gasteiger charge is -2.10. The van der Waals surface area contributed by atoms with Crippen molar-refractivity contribution >= 4 is 52.8 Å². The van der Waals surface area contributed by atoms with Crippen molar-refractivity contribution in [1.29, 1.82) is 0 Å². The number of carbonyl (C=O) groups excluding carboxylic acids is 2. The highest BCUT2D eigenvalue weighted by molar-refractivity contribution is 7.99. The van der Waals surface area contributed by atoms with E-state index in [1.165, 1.54) is 24.9 Å². The van der Waals surface area contributed by atoms with Gasteiger partial charge in [0.05, 0.1) is 13.1 Å². The predicted molar refractivity (Wildman–Crippen MR) is 104 cm³/mol. The molecule has 0 N–H and O–H groups in total. The lowest BCUT2D eigenvalue weighted by molar-refractivity contribution is -0.301. The second kappa shape index (κ2) is 9.67. The van der Waals surface area contributed by atoms with Crippen LogP contribution in [-0.2, 0) is 10.5 Å². The Bertz CT molecular complexity index is 829. The molecule has 0 heterocycles. The van der Waals surface area contributed by atoms with Crippen LogP contribution in [0.15, 0.2) is 42.5 Å². The average molecular weight is 410 g/mol. The monoisotopic (exact) mass is 409 g/mol. The van der Waals surface area contributed by atoms with Gasteiger partial charge in [-0.15, -0.1) is 0 Å². The molecule has 0 aliphatic rings. The molecule has 0 amide bonds. The zero-order valence-corrected chi connectivity index (χ0v) is 16.2. The standard InChI is InChI=1S/C19H16Cl2O4S/c1-25-18-8-5-12(9-13(18)10-26-11-19(23)24)17(22)7-6-14-15(20)3-2-4-16(14)21/h2-9H,10-11H2,1H3,(H,23,24)/p-1/b7-6+. The molecule has 136 valence electrons. The van der Waals surface area contributed by atoms with Gasteiger partial charge in [0.15, 0.2) is 5.78 Å². The summed E-state index contributed by atoms with van der Waals surface area (Å²) in [6.07, 6.45) is 2.97. The molecule has 0 radical (unpaired) electrons. The fourth-order valence-corrected chi connectivity index (χ4v) is 3.45. The van der Waals surface area contributed by atoms with Crippen LogP contribution in [0.2, 0.25) is 10.0 Å². The lowest BCUT2D eigenvalue weighted by Crippen LogP contribution is -2.24. The van der Waals surface area contributed by atoms with Crippen LogP contribution in [0.1, 0.15) is 21.5 Å². The van der Waals surface area contributed by atoms with Gasteiger partial charge in [0.2, 0.25) is 0 Å². The normalized spacial score (nSPS) is 10.9. The summed E-state index contributed by atoms with van der Waals surface area (Å²) in [4.78, 5) is 23.0. The molecule has 26 heavy (non-hydrogen) atoms.